The monoisotopic (exact) mass is 284 g/mol. The third kappa shape index (κ3) is 3.69. The van der Waals surface area contributed by atoms with Crippen LogP contribution in [0.1, 0.15) is 17.9 Å². The Bertz CT molecular complexity index is 363. The van der Waals surface area contributed by atoms with Crippen molar-refractivity contribution < 1.29 is 8.78 Å². The fraction of sp³-hybridized carbons (Fsp3) is 0.455. The number of nitrogens with one attached hydrogen (secondary N) is 1. The Morgan fingerprint density at radius 3 is 2.59 bits per heavy atom. The summed E-state index contributed by atoms with van der Waals surface area (Å²) in [5.41, 5.74) is 6.35. The van der Waals surface area contributed by atoms with Crippen molar-refractivity contribution in [2.24, 2.45) is 0 Å². The van der Waals surface area contributed by atoms with Gasteiger partial charge in [-0.05, 0) is 30.7 Å². The quantitative estimate of drug-likeness (QED) is 0.778. The van der Waals surface area contributed by atoms with E-state index in [9.17, 15) is 8.78 Å². The number of nitrogens with two attached hydrogens (primary N) is 1. The second kappa shape index (κ2) is 6.99. The minimum atomic E-state index is -0.913. The minimum absolute atomic E-state index is 0. The maximum Gasteiger partial charge on any atom is 0.146 e. The van der Waals surface area contributed by atoms with Gasteiger partial charge in [-0.3, -0.25) is 0 Å². The van der Waals surface area contributed by atoms with Crippen molar-refractivity contribution >= 4 is 30.5 Å². The van der Waals surface area contributed by atoms with Gasteiger partial charge in [0.1, 0.15) is 12.0 Å². The molecule has 1 aromatic rings. The second-order valence-corrected chi connectivity index (χ2v) is 3.90. The summed E-state index contributed by atoms with van der Waals surface area (Å²) in [6, 6.07) is 4.46. The summed E-state index contributed by atoms with van der Waals surface area (Å²) in [5, 5.41) is 2.98. The van der Waals surface area contributed by atoms with Gasteiger partial charge in [-0.2, -0.15) is 0 Å². The molecule has 0 radical (unpaired) electrons. The highest BCUT2D eigenvalue weighted by atomic mass is 35.5. The molecule has 0 amide bonds. The van der Waals surface area contributed by atoms with Gasteiger partial charge in [-0.15, -0.1) is 24.8 Å². The van der Waals surface area contributed by atoms with Gasteiger partial charge in [0.2, 0.25) is 0 Å². The maximum atomic E-state index is 13.6. The summed E-state index contributed by atoms with van der Waals surface area (Å²) in [6.07, 6.45) is -0.185. The fourth-order valence-corrected chi connectivity index (χ4v) is 1.99. The van der Waals surface area contributed by atoms with Crippen LogP contribution in [0.25, 0.3) is 0 Å². The molecule has 6 heteroatoms. The van der Waals surface area contributed by atoms with Crippen LogP contribution in [0.15, 0.2) is 18.2 Å². The van der Waals surface area contributed by atoms with Crippen molar-refractivity contribution in [1.82, 2.24) is 5.32 Å². The highest BCUT2D eigenvalue weighted by Crippen LogP contribution is 2.29. The molecule has 0 bridgehead atoms. The summed E-state index contributed by atoms with van der Waals surface area (Å²) < 4.78 is 26.5. The van der Waals surface area contributed by atoms with Crippen LogP contribution < -0.4 is 11.1 Å². The van der Waals surface area contributed by atoms with Crippen molar-refractivity contribution in [2.75, 3.05) is 18.8 Å². The second-order valence-electron chi connectivity index (χ2n) is 3.90. The third-order valence-corrected chi connectivity index (χ3v) is 2.86. The summed E-state index contributed by atoms with van der Waals surface area (Å²) in [5.74, 6) is -0.600. The first-order valence-electron chi connectivity index (χ1n) is 5.08. The number of nitrogen functional groups attached to an aromatic ring is 1. The molecule has 0 spiro atoms. The van der Waals surface area contributed by atoms with E-state index in [1.165, 1.54) is 12.1 Å². The highest BCUT2D eigenvalue weighted by molar-refractivity contribution is 5.85. The van der Waals surface area contributed by atoms with Crippen LogP contribution in [0.5, 0.6) is 0 Å². The summed E-state index contributed by atoms with van der Waals surface area (Å²) in [4.78, 5) is 0. The lowest BCUT2D eigenvalue weighted by Crippen LogP contribution is -2.36. The molecule has 2 atom stereocenters. The third-order valence-electron chi connectivity index (χ3n) is 2.86. The van der Waals surface area contributed by atoms with E-state index >= 15 is 0 Å². The van der Waals surface area contributed by atoms with E-state index in [0.29, 0.717) is 6.54 Å². The Morgan fingerprint density at radius 2 is 2.00 bits per heavy atom. The zero-order chi connectivity index (χ0) is 10.8. The van der Waals surface area contributed by atoms with Crippen LogP contribution in [0, 0.1) is 5.82 Å². The molecule has 1 saturated heterocycles. The summed E-state index contributed by atoms with van der Waals surface area (Å²) in [7, 11) is 0. The first kappa shape index (κ1) is 16.4. The lowest BCUT2D eigenvalue weighted by molar-refractivity contribution is 0.231. The Kier molecular flexibility index (Phi) is 6.75. The van der Waals surface area contributed by atoms with Gasteiger partial charge in [0, 0.05) is 12.5 Å². The van der Waals surface area contributed by atoms with E-state index in [-0.39, 0.29) is 36.4 Å². The molecule has 17 heavy (non-hydrogen) atoms. The number of piperidine rings is 1. The lowest BCUT2D eigenvalue weighted by atomic mass is 9.88. The molecule has 3 N–H and O–H groups in total. The van der Waals surface area contributed by atoms with Crippen LogP contribution in [0.3, 0.4) is 0 Å². The largest absolute Gasteiger partial charge is 0.396 e. The van der Waals surface area contributed by atoms with E-state index < -0.39 is 12.0 Å². The molecule has 1 aromatic carbocycles. The van der Waals surface area contributed by atoms with Crippen LogP contribution in [0.2, 0.25) is 0 Å². The lowest BCUT2D eigenvalue weighted by Gasteiger charge is -2.27. The van der Waals surface area contributed by atoms with Crippen LogP contribution in [-0.4, -0.2) is 19.3 Å². The molecule has 0 aliphatic carbocycles. The van der Waals surface area contributed by atoms with Gasteiger partial charge < -0.3 is 11.1 Å². The number of hydrogen-bond donors (Lipinski definition) is 2. The van der Waals surface area contributed by atoms with Crippen molar-refractivity contribution in [1.29, 1.82) is 0 Å². The first-order chi connectivity index (χ1) is 7.18. The first-order valence-corrected chi connectivity index (χ1v) is 5.08. The number of rotatable bonds is 1. The van der Waals surface area contributed by atoms with Gasteiger partial charge in [-0.25, -0.2) is 8.78 Å². The number of hydrogen-bond acceptors (Lipinski definition) is 2. The van der Waals surface area contributed by atoms with Gasteiger partial charge in [0.05, 0.1) is 5.69 Å². The molecule has 2 unspecified atom stereocenters. The van der Waals surface area contributed by atoms with Crippen LogP contribution in [0.4, 0.5) is 14.5 Å². The van der Waals surface area contributed by atoms with Gasteiger partial charge in [0.25, 0.3) is 0 Å². The molecule has 1 aliphatic rings. The minimum Gasteiger partial charge on any atom is -0.396 e. The molecule has 1 aliphatic heterocycles. The Hall–Kier alpha value is -0.580. The van der Waals surface area contributed by atoms with Crippen molar-refractivity contribution in [2.45, 2.75) is 18.5 Å². The Balaban J connectivity index is 0.00000128. The summed E-state index contributed by atoms with van der Waals surface area (Å²) >= 11 is 0. The molecular formula is C11H16Cl2F2N2. The Labute approximate surface area is 112 Å². The highest BCUT2D eigenvalue weighted by Gasteiger charge is 2.26. The smallest absolute Gasteiger partial charge is 0.146 e. The topological polar surface area (TPSA) is 38.0 Å². The number of benzene rings is 1. The van der Waals surface area contributed by atoms with E-state index in [1.54, 1.807) is 6.07 Å². The van der Waals surface area contributed by atoms with Crippen LogP contribution >= 0.6 is 24.8 Å². The molecule has 2 rings (SSSR count). The molecular weight excluding hydrogens is 269 g/mol. The molecule has 0 saturated carbocycles. The normalized spacial score (nSPS) is 23.4. The standard InChI is InChI=1S/C11H14F2N2.2ClH/c12-9-2-1-7(5-11(9)14)8-3-4-15-6-10(8)13;;/h1-2,5,8,10,15H,3-4,6,14H2;2*1H. The zero-order valence-electron chi connectivity index (χ0n) is 9.16. The molecule has 1 fully saturated rings. The average Bonchev–Trinajstić information content (AvgIpc) is 2.23. The average molecular weight is 285 g/mol. The van der Waals surface area contributed by atoms with Crippen molar-refractivity contribution in [3.8, 4) is 0 Å². The molecule has 1 heterocycles. The number of anilines is 1. The van der Waals surface area contributed by atoms with Crippen molar-refractivity contribution in [3.05, 3.63) is 29.6 Å². The number of halogens is 4. The van der Waals surface area contributed by atoms with E-state index in [4.69, 9.17) is 5.73 Å². The number of alkyl halides is 1. The predicted octanol–water partition coefficient (Wildman–Crippen LogP) is 2.67. The SMILES string of the molecule is Cl.Cl.Nc1cc(C2CCNCC2F)ccc1F. The van der Waals surface area contributed by atoms with Crippen molar-refractivity contribution in [3.63, 3.8) is 0 Å². The molecule has 98 valence electrons. The molecule has 0 aromatic heterocycles. The van der Waals surface area contributed by atoms with Gasteiger partial charge >= 0.3 is 0 Å². The van der Waals surface area contributed by atoms with E-state index in [2.05, 4.69) is 5.32 Å². The molecule has 2 nitrogen and oxygen atoms in total. The summed E-state index contributed by atoms with van der Waals surface area (Å²) in [6.45, 7) is 1.16. The van der Waals surface area contributed by atoms with Crippen LogP contribution in [-0.2, 0) is 0 Å². The maximum absolute atomic E-state index is 13.6. The Morgan fingerprint density at radius 1 is 1.29 bits per heavy atom. The van der Waals surface area contributed by atoms with Gasteiger partial charge in [0.15, 0.2) is 0 Å². The van der Waals surface area contributed by atoms with E-state index in [1.807, 2.05) is 0 Å². The zero-order valence-corrected chi connectivity index (χ0v) is 10.8. The fourth-order valence-electron chi connectivity index (χ4n) is 1.99. The van der Waals surface area contributed by atoms with E-state index in [0.717, 1.165) is 18.5 Å². The van der Waals surface area contributed by atoms with Gasteiger partial charge in [-0.1, -0.05) is 6.07 Å². The predicted molar refractivity (Wildman–Crippen MR) is 70.4 cm³/mol.